The number of esters is 1. The molecule has 0 saturated carbocycles. The van der Waals surface area contributed by atoms with Gasteiger partial charge in [0.15, 0.2) is 0 Å². The van der Waals surface area contributed by atoms with Gasteiger partial charge in [-0.25, -0.2) is 13.6 Å². The van der Waals surface area contributed by atoms with Crippen molar-refractivity contribution in [3.05, 3.63) is 59.2 Å². The summed E-state index contributed by atoms with van der Waals surface area (Å²) in [4.78, 5) is 11.2. The summed E-state index contributed by atoms with van der Waals surface area (Å²) < 4.78 is 33.9. The Labute approximate surface area is 220 Å². The highest BCUT2D eigenvalue weighted by atomic mass is 32.2. The molecular weight excluding hydrogens is 496 g/mol. The number of aliphatic hydroxyl groups excluding tert-OH is 1. The van der Waals surface area contributed by atoms with Crippen LogP contribution in [0.4, 0.5) is 0 Å². The SMILES string of the molecule is CC(=O)OCc1cc([C@@H](O)CNCCCCCCOCCCCc2ccccc2S(N)(=O)=O)ccc1O. The van der Waals surface area contributed by atoms with E-state index in [1.807, 2.05) is 6.07 Å². The van der Waals surface area contributed by atoms with Crippen molar-refractivity contribution in [2.75, 3.05) is 26.3 Å². The van der Waals surface area contributed by atoms with Gasteiger partial charge in [-0.2, -0.15) is 0 Å². The minimum absolute atomic E-state index is 0.0278. The summed E-state index contributed by atoms with van der Waals surface area (Å²) in [6.45, 7) is 3.80. The molecule has 2 rings (SSSR count). The van der Waals surface area contributed by atoms with Crippen LogP contribution in [0.5, 0.6) is 5.75 Å². The van der Waals surface area contributed by atoms with Gasteiger partial charge in [-0.05, 0) is 68.0 Å². The molecule has 2 aromatic carbocycles. The molecule has 0 bridgehead atoms. The molecule has 5 N–H and O–H groups in total. The van der Waals surface area contributed by atoms with Crippen LogP contribution in [-0.4, -0.2) is 50.9 Å². The van der Waals surface area contributed by atoms with E-state index in [9.17, 15) is 23.4 Å². The third kappa shape index (κ3) is 12.1. The molecule has 0 saturated heterocycles. The number of phenolic OH excluding ortho intramolecular Hbond substituents is 1. The molecule has 0 aliphatic heterocycles. The van der Waals surface area contributed by atoms with Gasteiger partial charge in [0, 0.05) is 32.2 Å². The summed E-state index contributed by atoms with van der Waals surface area (Å²) >= 11 is 0. The van der Waals surface area contributed by atoms with Gasteiger partial charge in [0.1, 0.15) is 12.4 Å². The van der Waals surface area contributed by atoms with Crippen LogP contribution < -0.4 is 10.5 Å². The minimum Gasteiger partial charge on any atom is -0.508 e. The number of primary sulfonamides is 1. The number of carbonyl (C=O) groups is 1. The largest absolute Gasteiger partial charge is 0.508 e. The van der Waals surface area contributed by atoms with Gasteiger partial charge in [0.25, 0.3) is 0 Å². The highest BCUT2D eigenvalue weighted by molar-refractivity contribution is 7.89. The monoisotopic (exact) mass is 536 g/mol. The molecule has 0 aliphatic rings. The summed E-state index contributed by atoms with van der Waals surface area (Å²) in [5, 5.41) is 28.8. The van der Waals surface area contributed by atoms with Crippen molar-refractivity contribution >= 4 is 16.0 Å². The fourth-order valence-corrected chi connectivity index (χ4v) is 4.69. The molecule has 0 heterocycles. The summed E-state index contributed by atoms with van der Waals surface area (Å²) in [6, 6.07) is 11.6. The number of rotatable bonds is 18. The molecule has 1 atom stereocenters. The number of benzene rings is 2. The van der Waals surface area contributed by atoms with Crippen LogP contribution in [0.15, 0.2) is 47.4 Å². The summed E-state index contributed by atoms with van der Waals surface area (Å²) in [5.74, 6) is -0.402. The summed E-state index contributed by atoms with van der Waals surface area (Å²) in [5.41, 5.74) is 1.86. The maximum Gasteiger partial charge on any atom is 0.302 e. The van der Waals surface area contributed by atoms with E-state index in [0.29, 0.717) is 37.3 Å². The quantitative estimate of drug-likeness (QED) is 0.167. The Morgan fingerprint density at radius 2 is 1.70 bits per heavy atom. The smallest absolute Gasteiger partial charge is 0.302 e. The average Bonchev–Trinajstić information content (AvgIpc) is 2.85. The number of aromatic hydroxyl groups is 1. The number of hydrogen-bond acceptors (Lipinski definition) is 8. The van der Waals surface area contributed by atoms with Gasteiger partial charge in [-0.1, -0.05) is 37.1 Å². The Bertz CT molecular complexity index is 1080. The van der Waals surface area contributed by atoms with Gasteiger partial charge in [0.05, 0.1) is 11.0 Å². The minimum atomic E-state index is -3.69. The first-order chi connectivity index (χ1) is 17.7. The van der Waals surface area contributed by atoms with Crippen LogP contribution in [0.1, 0.15) is 68.2 Å². The van der Waals surface area contributed by atoms with Gasteiger partial charge in [-0.15, -0.1) is 0 Å². The van der Waals surface area contributed by atoms with Gasteiger partial charge in [0.2, 0.25) is 10.0 Å². The number of carbonyl (C=O) groups excluding carboxylic acids is 1. The van der Waals surface area contributed by atoms with E-state index in [1.54, 1.807) is 30.3 Å². The number of sulfonamides is 1. The number of phenols is 1. The van der Waals surface area contributed by atoms with Crippen LogP contribution in [0, 0.1) is 0 Å². The van der Waals surface area contributed by atoms with Crippen molar-refractivity contribution < 1.29 is 32.9 Å². The number of hydrogen-bond donors (Lipinski definition) is 4. The Hall–Kier alpha value is -2.50. The van der Waals surface area contributed by atoms with Gasteiger partial charge in [-0.3, -0.25) is 4.79 Å². The van der Waals surface area contributed by atoms with Gasteiger partial charge >= 0.3 is 5.97 Å². The van der Waals surface area contributed by atoms with Crippen LogP contribution in [-0.2, 0) is 37.3 Å². The fourth-order valence-electron chi connectivity index (χ4n) is 3.88. The zero-order valence-corrected chi connectivity index (χ0v) is 22.3. The number of unbranched alkanes of at least 4 members (excludes halogenated alkanes) is 4. The second-order valence-corrected chi connectivity index (χ2v) is 10.6. The zero-order chi connectivity index (χ0) is 27.1. The molecular formula is C27H40N2O7S. The van der Waals surface area contributed by atoms with Crippen LogP contribution in [0.3, 0.4) is 0 Å². The van der Waals surface area contributed by atoms with Crippen molar-refractivity contribution in [2.45, 2.75) is 69.5 Å². The van der Waals surface area contributed by atoms with E-state index in [4.69, 9.17) is 14.6 Å². The summed E-state index contributed by atoms with van der Waals surface area (Å²) in [7, 11) is -3.69. The standard InChI is InChI=1S/C27H40N2O7S/c1-21(30)36-20-24-18-23(13-14-25(24)31)26(32)19-29-15-7-2-3-8-16-35-17-9-6-11-22-10-4-5-12-27(22)37(28,33)34/h4-5,10,12-14,18,26,29,31-32H,2-3,6-9,11,15-17,19-20H2,1H3,(H2,28,33,34)/t26-/m0/s1. The lowest BCUT2D eigenvalue weighted by Gasteiger charge is -2.14. The molecule has 0 aromatic heterocycles. The number of aliphatic hydroxyl groups is 1. The first-order valence-corrected chi connectivity index (χ1v) is 14.3. The lowest BCUT2D eigenvalue weighted by molar-refractivity contribution is -0.142. The van der Waals surface area contributed by atoms with Crippen molar-refractivity contribution in [3.8, 4) is 5.75 Å². The number of nitrogens with one attached hydrogen (secondary N) is 1. The van der Waals surface area contributed by atoms with Crippen LogP contribution in [0.25, 0.3) is 0 Å². The Morgan fingerprint density at radius 1 is 1.00 bits per heavy atom. The second-order valence-electron chi connectivity index (χ2n) is 9.02. The molecule has 10 heteroatoms. The Balaban J connectivity index is 1.48. The second kappa shape index (κ2) is 16.4. The first-order valence-electron chi connectivity index (χ1n) is 12.7. The van der Waals surface area contributed by atoms with E-state index in [1.165, 1.54) is 13.0 Å². The molecule has 2 aromatic rings. The molecule has 0 unspecified atom stereocenters. The fraction of sp³-hybridized carbons (Fsp3) is 0.519. The molecule has 0 spiro atoms. The number of aryl methyl sites for hydroxylation is 1. The first kappa shape index (κ1) is 30.7. The topological polar surface area (TPSA) is 148 Å². The van der Waals surface area contributed by atoms with E-state index >= 15 is 0 Å². The zero-order valence-electron chi connectivity index (χ0n) is 21.5. The lowest BCUT2D eigenvalue weighted by Crippen LogP contribution is -2.22. The van der Waals surface area contributed by atoms with E-state index < -0.39 is 22.1 Å². The highest BCUT2D eigenvalue weighted by Gasteiger charge is 2.13. The van der Waals surface area contributed by atoms with E-state index in [0.717, 1.165) is 50.6 Å². The predicted molar refractivity (Wildman–Crippen MR) is 141 cm³/mol. The molecule has 0 radical (unpaired) electrons. The normalized spacial score (nSPS) is 12.4. The van der Waals surface area contributed by atoms with Crippen molar-refractivity contribution in [1.29, 1.82) is 0 Å². The maximum atomic E-state index is 11.6. The van der Waals surface area contributed by atoms with Crippen LogP contribution >= 0.6 is 0 Å². The third-order valence-corrected chi connectivity index (χ3v) is 6.92. The van der Waals surface area contributed by atoms with Crippen molar-refractivity contribution in [3.63, 3.8) is 0 Å². The van der Waals surface area contributed by atoms with Crippen LogP contribution in [0.2, 0.25) is 0 Å². The lowest BCUT2D eigenvalue weighted by atomic mass is 10.1. The number of ether oxygens (including phenoxy) is 2. The predicted octanol–water partition coefficient (Wildman–Crippen LogP) is 3.33. The molecule has 0 amide bonds. The Morgan fingerprint density at radius 3 is 2.43 bits per heavy atom. The summed E-state index contributed by atoms with van der Waals surface area (Å²) in [6.07, 6.45) is 5.71. The average molecular weight is 537 g/mol. The van der Waals surface area contributed by atoms with E-state index in [-0.39, 0.29) is 17.3 Å². The molecule has 37 heavy (non-hydrogen) atoms. The van der Waals surface area contributed by atoms with E-state index in [2.05, 4.69) is 5.32 Å². The molecule has 206 valence electrons. The molecule has 0 aliphatic carbocycles. The Kier molecular flexibility index (Phi) is 13.6. The highest BCUT2D eigenvalue weighted by Crippen LogP contribution is 2.23. The van der Waals surface area contributed by atoms with Crippen molar-refractivity contribution in [1.82, 2.24) is 5.32 Å². The molecule has 0 fully saturated rings. The third-order valence-electron chi connectivity index (χ3n) is 5.91. The van der Waals surface area contributed by atoms with Gasteiger partial charge < -0.3 is 25.0 Å². The van der Waals surface area contributed by atoms with Crippen molar-refractivity contribution in [2.24, 2.45) is 5.14 Å². The number of nitrogens with two attached hydrogens (primary N) is 1. The maximum absolute atomic E-state index is 11.6. The molecule has 9 nitrogen and oxygen atoms in total.